The maximum atomic E-state index is 4.31. The lowest BCUT2D eigenvalue weighted by molar-refractivity contribution is 0.897. The topological polar surface area (TPSA) is 24.9 Å². The summed E-state index contributed by atoms with van der Waals surface area (Å²) in [6, 6.07) is 10.5. The molecule has 0 atom stereocenters. The summed E-state index contributed by atoms with van der Waals surface area (Å²) in [5, 5.41) is 4.52. The zero-order valence-corrected chi connectivity index (χ0v) is 8.40. The van der Waals surface area contributed by atoms with Gasteiger partial charge in [0.15, 0.2) is 0 Å². The molecule has 2 heterocycles. The first-order valence-corrected chi connectivity index (χ1v) is 5.18. The molecule has 2 aromatic rings. The second-order valence-electron chi connectivity index (χ2n) is 3.77. The van der Waals surface area contributed by atoms with Crippen molar-refractivity contribution in [3.63, 3.8) is 0 Å². The average Bonchev–Trinajstić information content (AvgIpc) is 2.82. The lowest BCUT2D eigenvalue weighted by Gasteiger charge is -2.03. The number of pyridine rings is 1. The van der Waals surface area contributed by atoms with Gasteiger partial charge in [-0.15, -0.1) is 0 Å². The van der Waals surface area contributed by atoms with E-state index >= 15 is 0 Å². The van der Waals surface area contributed by atoms with E-state index in [0.29, 0.717) is 0 Å². The second kappa shape index (κ2) is 3.48. The summed E-state index contributed by atoms with van der Waals surface area (Å²) in [7, 11) is 0. The predicted octanol–water partition coefficient (Wildman–Crippen LogP) is 2.22. The Morgan fingerprint density at radius 1 is 1.20 bits per heavy atom. The maximum absolute atomic E-state index is 4.31. The van der Waals surface area contributed by atoms with Crippen molar-refractivity contribution in [1.82, 2.24) is 10.3 Å². The Kier molecular flexibility index (Phi) is 2.00. The number of rotatable bonds is 1. The Bertz CT molecular complexity index is 529. The normalized spacial score (nSPS) is 15.6. The van der Waals surface area contributed by atoms with Gasteiger partial charge in [-0.2, -0.15) is 0 Å². The molecular formula is C13H12N2. The first-order valence-electron chi connectivity index (χ1n) is 5.18. The van der Waals surface area contributed by atoms with Gasteiger partial charge in [-0.05, 0) is 29.3 Å². The molecule has 2 nitrogen and oxygen atoms in total. The molecule has 0 radical (unpaired) electrons. The van der Waals surface area contributed by atoms with Crippen LogP contribution in [0.3, 0.4) is 0 Å². The molecule has 0 saturated carbocycles. The Balaban J connectivity index is 2.13. The summed E-state index contributed by atoms with van der Waals surface area (Å²) in [6.07, 6.45) is 4.08. The van der Waals surface area contributed by atoms with E-state index in [1.165, 1.54) is 16.5 Å². The molecule has 2 heteroatoms. The van der Waals surface area contributed by atoms with Gasteiger partial charge in [0.2, 0.25) is 0 Å². The van der Waals surface area contributed by atoms with Crippen LogP contribution < -0.4 is 5.32 Å². The minimum atomic E-state index is 0.978. The van der Waals surface area contributed by atoms with Crippen LogP contribution in [-0.4, -0.2) is 18.1 Å². The SMILES string of the molecule is C1=C(c2ccc3ncccc3c2)CNC1. The third kappa shape index (κ3) is 1.53. The number of hydrogen-bond donors (Lipinski definition) is 1. The quantitative estimate of drug-likeness (QED) is 0.756. The van der Waals surface area contributed by atoms with E-state index in [9.17, 15) is 0 Å². The molecule has 0 aliphatic carbocycles. The van der Waals surface area contributed by atoms with Crippen molar-refractivity contribution in [2.45, 2.75) is 0 Å². The van der Waals surface area contributed by atoms with Crippen LogP contribution in [0.1, 0.15) is 5.56 Å². The van der Waals surface area contributed by atoms with Crippen molar-refractivity contribution in [1.29, 1.82) is 0 Å². The van der Waals surface area contributed by atoms with Gasteiger partial charge in [-0.1, -0.05) is 18.2 Å². The molecule has 3 rings (SSSR count). The number of nitrogens with one attached hydrogen (secondary N) is 1. The zero-order valence-electron chi connectivity index (χ0n) is 8.40. The highest BCUT2D eigenvalue weighted by molar-refractivity contribution is 5.83. The summed E-state index contributed by atoms with van der Waals surface area (Å²) in [4.78, 5) is 4.31. The van der Waals surface area contributed by atoms with Crippen LogP contribution in [0.2, 0.25) is 0 Å². The van der Waals surface area contributed by atoms with E-state index in [1.807, 2.05) is 12.3 Å². The molecule has 74 valence electrons. The monoisotopic (exact) mass is 196 g/mol. The molecule has 1 aromatic carbocycles. The molecule has 0 unspecified atom stereocenters. The number of nitrogens with zero attached hydrogens (tertiary/aromatic N) is 1. The molecule has 0 amide bonds. The van der Waals surface area contributed by atoms with Crippen molar-refractivity contribution >= 4 is 16.5 Å². The van der Waals surface area contributed by atoms with Gasteiger partial charge in [0.1, 0.15) is 0 Å². The van der Waals surface area contributed by atoms with E-state index in [0.717, 1.165) is 18.6 Å². The fourth-order valence-corrected chi connectivity index (χ4v) is 1.97. The maximum Gasteiger partial charge on any atom is 0.0702 e. The highest BCUT2D eigenvalue weighted by Crippen LogP contribution is 2.20. The average molecular weight is 196 g/mol. The summed E-state index contributed by atoms with van der Waals surface area (Å²) in [5.41, 5.74) is 3.76. The van der Waals surface area contributed by atoms with Gasteiger partial charge in [0.25, 0.3) is 0 Å². The van der Waals surface area contributed by atoms with E-state index in [4.69, 9.17) is 0 Å². The van der Waals surface area contributed by atoms with E-state index in [1.54, 1.807) is 0 Å². The minimum Gasteiger partial charge on any atom is -0.309 e. The van der Waals surface area contributed by atoms with Gasteiger partial charge in [0.05, 0.1) is 5.52 Å². The summed E-state index contributed by atoms with van der Waals surface area (Å²) >= 11 is 0. The lowest BCUT2D eigenvalue weighted by Crippen LogP contribution is -2.07. The van der Waals surface area contributed by atoms with Gasteiger partial charge in [0, 0.05) is 24.7 Å². The van der Waals surface area contributed by atoms with Gasteiger partial charge in [-0.3, -0.25) is 4.98 Å². The van der Waals surface area contributed by atoms with Crippen LogP contribution in [0.25, 0.3) is 16.5 Å². The Morgan fingerprint density at radius 2 is 2.20 bits per heavy atom. The number of aromatic nitrogens is 1. The van der Waals surface area contributed by atoms with E-state index < -0.39 is 0 Å². The minimum absolute atomic E-state index is 0.978. The highest BCUT2D eigenvalue weighted by atomic mass is 14.9. The van der Waals surface area contributed by atoms with Gasteiger partial charge in [-0.25, -0.2) is 0 Å². The van der Waals surface area contributed by atoms with Gasteiger partial charge >= 0.3 is 0 Å². The Morgan fingerprint density at radius 3 is 3.07 bits per heavy atom. The first-order chi connectivity index (χ1) is 7.43. The van der Waals surface area contributed by atoms with E-state index in [2.05, 4.69) is 40.6 Å². The molecule has 0 saturated heterocycles. The van der Waals surface area contributed by atoms with E-state index in [-0.39, 0.29) is 0 Å². The summed E-state index contributed by atoms with van der Waals surface area (Å²) in [6.45, 7) is 1.96. The third-order valence-electron chi connectivity index (χ3n) is 2.78. The van der Waals surface area contributed by atoms with Gasteiger partial charge < -0.3 is 5.32 Å². The second-order valence-corrected chi connectivity index (χ2v) is 3.77. The molecule has 0 spiro atoms. The van der Waals surface area contributed by atoms with Crippen LogP contribution >= 0.6 is 0 Å². The third-order valence-corrected chi connectivity index (χ3v) is 2.78. The number of fused-ring (bicyclic) bond motifs is 1. The number of hydrogen-bond acceptors (Lipinski definition) is 2. The van der Waals surface area contributed by atoms with Crippen LogP contribution in [0.5, 0.6) is 0 Å². The fourth-order valence-electron chi connectivity index (χ4n) is 1.97. The fraction of sp³-hybridized carbons (Fsp3) is 0.154. The summed E-state index contributed by atoms with van der Waals surface area (Å²) in [5.74, 6) is 0. The molecule has 1 aliphatic heterocycles. The van der Waals surface area contributed by atoms with Crippen molar-refractivity contribution in [3.05, 3.63) is 48.2 Å². The van der Waals surface area contributed by atoms with Crippen molar-refractivity contribution < 1.29 is 0 Å². The Labute approximate surface area is 88.6 Å². The first kappa shape index (κ1) is 8.62. The smallest absolute Gasteiger partial charge is 0.0702 e. The standard InChI is InChI=1S/C13H12N2/c1-2-11-8-10(12-5-7-14-9-12)3-4-13(11)15-6-1/h1-6,8,14H,7,9H2. The largest absolute Gasteiger partial charge is 0.309 e. The predicted molar refractivity (Wildman–Crippen MR) is 62.6 cm³/mol. The van der Waals surface area contributed by atoms with Crippen molar-refractivity contribution in [2.75, 3.05) is 13.1 Å². The van der Waals surface area contributed by atoms with Crippen LogP contribution in [0.15, 0.2) is 42.6 Å². The van der Waals surface area contributed by atoms with Crippen LogP contribution in [0, 0.1) is 0 Å². The zero-order chi connectivity index (χ0) is 10.1. The molecule has 1 aliphatic rings. The molecule has 0 bridgehead atoms. The van der Waals surface area contributed by atoms with Crippen molar-refractivity contribution in [2.24, 2.45) is 0 Å². The van der Waals surface area contributed by atoms with Crippen molar-refractivity contribution in [3.8, 4) is 0 Å². The molecule has 1 aromatic heterocycles. The molecule has 0 fully saturated rings. The Hall–Kier alpha value is -1.67. The van der Waals surface area contributed by atoms with Crippen LogP contribution in [-0.2, 0) is 0 Å². The molecule has 15 heavy (non-hydrogen) atoms. The molecule has 1 N–H and O–H groups in total. The lowest BCUT2D eigenvalue weighted by atomic mass is 10.0. The molecular weight excluding hydrogens is 184 g/mol. The highest BCUT2D eigenvalue weighted by Gasteiger charge is 2.06. The summed E-state index contributed by atoms with van der Waals surface area (Å²) < 4.78 is 0. The number of benzene rings is 1. The van der Waals surface area contributed by atoms with Crippen LogP contribution in [0.4, 0.5) is 0 Å².